The van der Waals surface area contributed by atoms with Crippen molar-refractivity contribution in [3.63, 3.8) is 0 Å². The molecule has 7 fully saturated rings. The molecule has 0 amide bonds. The minimum Gasteiger partial charge on any atom is -0.494 e. The van der Waals surface area contributed by atoms with E-state index in [1.54, 1.807) is 0 Å². The predicted octanol–water partition coefficient (Wildman–Crippen LogP) is -0.830. The second-order valence-corrected chi connectivity index (χ2v) is 20.9. The minimum absolute atomic E-state index is 0.0928. The van der Waals surface area contributed by atoms with Crippen LogP contribution >= 0.6 is 0 Å². The minimum atomic E-state index is -1.74. The molecule has 0 bridgehead atoms. The third-order valence-electron chi connectivity index (χ3n) is 17.4. The highest BCUT2D eigenvalue weighted by molar-refractivity contribution is 5.26. The van der Waals surface area contributed by atoms with Crippen molar-refractivity contribution >= 4 is 0 Å². The molecule has 11 N–H and O–H groups in total. The Balaban J connectivity index is 0.872. The Morgan fingerprint density at radius 3 is 1.87 bits per heavy atom. The van der Waals surface area contributed by atoms with Gasteiger partial charge in [0.2, 0.25) is 0 Å². The first-order valence-corrected chi connectivity index (χ1v) is 23.5. The summed E-state index contributed by atoms with van der Waals surface area (Å²) >= 11 is 0. The quantitative estimate of drug-likeness (QED) is 0.101. The molecule has 4 saturated carbocycles. The molecule has 8 aliphatic rings. The molecule has 18 heteroatoms. The van der Waals surface area contributed by atoms with E-state index in [2.05, 4.69) is 27.7 Å². The molecule has 25 atom stereocenters. The molecule has 4 heterocycles. The Bertz CT molecular complexity index is 1580. The average Bonchev–Trinajstić information content (AvgIpc) is 3.76. The summed E-state index contributed by atoms with van der Waals surface area (Å²) in [5, 5.41) is 113. The molecule has 3 saturated heterocycles. The number of hydrogen-bond acceptors (Lipinski definition) is 18. The lowest BCUT2D eigenvalue weighted by molar-refractivity contribution is -0.373. The molecule has 4 aliphatic carbocycles. The monoisotopic (exact) mass is 902 g/mol. The lowest BCUT2D eigenvalue weighted by Gasteiger charge is -2.61. The molecule has 0 aromatic rings. The summed E-state index contributed by atoms with van der Waals surface area (Å²) in [6.07, 6.45) is -12.1. The third kappa shape index (κ3) is 8.68. The first-order chi connectivity index (χ1) is 29.9. The van der Waals surface area contributed by atoms with Crippen molar-refractivity contribution in [1.82, 2.24) is 0 Å². The van der Waals surface area contributed by atoms with Crippen LogP contribution in [0, 0.1) is 46.3 Å². The Kier molecular flexibility index (Phi) is 14.6. The Morgan fingerprint density at radius 2 is 1.22 bits per heavy atom. The highest BCUT2D eigenvalue weighted by atomic mass is 16.8. The first-order valence-electron chi connectivity index (χ1n) is 23.5. The summed E-state index contributed by atoms with van der Waals surface area (Å²) < 4.78 is 42.2. The highest BCUT2D eigenvalue weighted by Crippen LogP contribution is 2.70. The zero-order chi connectivity index (χ0) is 45.3. The zero-order valence-electron chi connectivity index (χ0n) is 37.0. The van der Waals surface area contributed by atoms with Crippen molar-refractivity contribution in [2.75, 3.05) is 26.4 Å². The van der Waals surface area contributed by atoms with E-state index < -0.39 is 112 Å². The van der Waals surface area contributed by atoms with Crippen molar-refractivity contribution < 1.29 is 89.3 Å². The van der Waals surface area contributed by atoms with Crippen LogP contribution in [0.1, 0.15) is 91.9 Å². The van der Waals surface area contributed by atoms with E-state index in [0.29, 0.717) is 29.6 Å². The molecule has 0 spiro atoms. The van der Waals surface area contributed by atoms with Gasteiger partial charge in [-0.05, 0) is 111 Å². The SMILES string of the molecule is CC1=C(CC[C@@H](C)CO[C@@H]2O[C@H](CO)[C@@H](O)[C@H](O)[C@H]2O)O[C@H]2CC3C4CCC5CC(O[C@@H]6O[C@H](CO)[C@H](O)[C@H](O)[C@H]6O[C@@H]6O[C@H](CO)[C@@H](O)[C@H](O)[C@H]6O)CC[C@]5(C)C4CC[C@]3(C)[C@@H]12. The normalized spacial score (nSPS) is 52.7. The van der Waals surface area contributed by atoms with Gasteiger partial charge in [-0.25, -0.2) is 0 Å². The lowest BCUT2D eigenvalue weighted by atomic mass is 9.44. The predicted molar refractivity (Wildman–Crippen MR) is 218 cm³/mol. The second kappa shape index (κ2) is 19.1. The maximum Gasteiger partial charge on any atom is 0.187 e. The summed E-state index contributed by atoms with van der Waals surface area (Å²) in [5.74, 6) is 3.56. The summed E-state index contributed by atoms with van der Waals surface area (Å²) in [4.78, 5) is 0. The summed E-state index contributed by atoms with van der Waals surface area (Å²) in [6, 6.07) is 0. The van der Waals surface area contributed by atoms with E-state index in [1.807, 2.05) is 0 Å². The summed E-state index contributed by atoms with van der Waals surface area (Å²) in [5.41, 5.74) is 1.57. The van der Waals surface area contributed by atoms with Crippen LogP contribution < -0.4 is 0 Å². The Hall–Kier alpha value is -1.14. The van der Waals surface area contributed by atoms with Gasteiger partial charge in [0.1, 0.15) is 79.4 Å². The van der Waals surface area contributed by atoms with Crippen LogP contribution in [0.5, 0.6) is 0 Å². The lowest BCUT2D eigenvalue weighted by Crippen LogP contribution is -2.65. The fourth-order valence-corrected chi connectivity index (χ4v) is 13.7. The maximum absolute atomic E-state index is 11.2. The Morgan fingerprint density at radius 1 is 0.635 bits per heavy atom. The summed E-state index contributed by atoms with van der Waals surface area (Å²) in [6.45, 7) is 7.74. The number of fused-ring (bicyclic) bond motifs is 7. The van der Waals surface area contributed by atoms with E-state index in [1.165, 1.54) is 5.57 Å². The van der Waals surface area contributed by atoms with Gasteiger partial charge in [0, 0.05) is 12.3 Å². The van der Waals surface area contributed by atoms with Gasteiger partial charge in [0.25, 0.3) is 0 Å². The number of ether oxygens (including phenoxy) is 7. The second-order valence-electron chi connectivity index (χ2n) is 20.9. The molecule has 362 valence electrons. The van der Waals surface area contributed by atoms with Gasteiger partial charge in [-0.15, -0.1) is 0 Å². The zero-order valence-corrected chi connectivity index (χ0v) is 37.0. The van der Waals surface area contributed by atoms with Crippen LogP contribution in [0.4, 0.5) is 0 Å². The molecule has 4 aliphatic heterocycles. The van der Waals surface area contributed by atoms with Crippen LogP contribution in [0.15, 0.2) is 11.3 Å². The van der Waals surface area contributed by atoms with Crippen LogP contribution in [-0.2, 0) is 33.2 Å². The van der Waals surface area contributed by atoms with Crippen LogP contribution in [0.3, 0.4) is 0 Å². The molecule has 0 radical (unpaired) electrons. The largest absolute Gasteiger partial charge is 0.494 e. The van der Waals surface area contributed by atoms with Crippen LogP contribution in [0.2, 0.25) is 0 Å². The van der Waals surface area contributed by atoms with Gasteiger partial charge >= 0.3 is 0 Å². The number of rotatable bonds is 13. The van der Waals surface area contributed by atoms with Crippen LogP contribution in [-0.4, -0.2) is 187 Å². The van der Waals surface area contributed by atoms with Crippen molar-refractivity contribution in [2.24, 2.45) is 46.3 Å². The van der Waals surface area contributed by atoms with Gasteiger partial charge in [0.15, 0.2) is 18.9 Å². The van der Waals surface area contributed by atoms with Gasteiger partial charge < -0.3 is 89.3 Å². The molecule has 0 aromatic carbocycles. The molecular formula is C45H74O18. The Labute approximate surface area is 369 Å². The maximum atomic E-state index is 11.2. The van der Waals surface area contributed by atoms with Gasteiger partial charge in [-0.2, -0.15) is 0 Å². The number of allylic oxidation sites excluding steroid dienone is 1. The van der Waals surface area contributed by atoms with Crippen molar-refractivity contribution in [3.8, 4) is 0 Å². The standard InChI is InChI=1S/C45H74O18/c1-19(18-57-41-38(55)35(52)32(49)28(15-46)60-41)5-8-26-20(2)31-27(59-26)14-25-23-7-6-21-13-22(9-11-44(21,3)24(23)10-12-45(25,31)4)58-43-40(37(54)34(51)30(17-48)62-43)63-42-39(56)36(53)33(50)29(16-47)61-42/h19,21-25,27-43,46-56H,5-18H2,1-4H3/t19-,21?,22?,23?,24?,25?,27+,28-,29-,30-,31+,32-,33-,34+,35+,36+,37+,38-,39-,40-,41-,42+,43-,44+,45+/m1/s1. The highest BCUT2D eigenvalue weighted by Gasteiger charge is 2.65. The van der Waals surface area contributed by atoms with Gasteiger partial charge in [0.05, 0.1) is 38.3 Å². The smallest absolute Gasteiger partial charge is 0.187 e. The van der Waals surface area contributed by atoms with E-state index in [-0.39, 0.29) is 35.6 Å². The fourth-order valence-electron chi connectivity index (χ4n) is 13.7. The van der Waals surface area contributed by atoms with E-state index in [4.69, 9.17) is 33.2 Å². The van der Waals surface area contributed by atoms with Crippen molar-refractivity contribution in [2.45, 2.75) is 196 Å². The van der Waals surface area contributed by atoms with E-state index in [9.17, 15) is 56.2 Å². The van der Waals surface area contributed by atoms with Gasteiger partial charge in [-0.1, -0.05) is 20.8 Å². The topological polar surface area (TPSA) is 287 Å². The van der Waals surface area contributed by atoms with Crippen LogP contribution in [0.25, 0.3) is 0 Å². The number of hydrogen-bond donors (Lipinski definition) is 11. The molecule has 8 rings (SSSR count). The molecule has 18 nitrogen and oxygen atoms in total. The molecule has 0 aromatic heterocycles. The molecule has 5 unspecified atom stereocenters. The third-order valence-corrected chi connectivity index (χ3v) is 17.4. The summed E-state index contributed by atoms with van der Waals surface area (Å²) in [7, 11) is 0. The number of aliphatic hydroxyl groups excluding tert-OH is 11. The first kappa shape index (κ1) is 48.3. The number of aliphatic hydroxyl groups is 11. The van der Waals surface area contributed by atoms with E-state index >= 15 is 0 Å². The average molecular weight is 903 g/mol. The molecular weight excluding hydrogens is 828 g/mol. The van der Waals surface area contributed by atoms with E-state index in [0.717, 1.165) is 70.0 Å². The molecule has 63 heavy (non-hydrogen) atoms. The van der Waals surface area contributed by atoms with Crippen molar-refractivity contribution in [1.29, 1.82) is 0 Å². The van der Waals surface area contributed by atoms with Gasteiger partial charge in [-0.3, -0.25) is 0 Å². The fraction of sp³-hybridized carbons (Fsp3) is 0.956. The van der Waals surface area contributed by atoms with Crippen molar-refractivity contribution in [3.05, 3.63) is 11.3 Å².